The van der Waals surface area contributed by atoms with Crippen LogP contribution >= 0.6 is 0 Å². The van der Waals surface area contributed by atoms with E-state index < -0.39 is 0 Å². The zero-order chi connectivity index (χ0) is 15.7. The van der Waals surface area contributed by atoms with Gasteiger partial charge in [0.05, 0.1) is 11.8 Å². The van der Waals surface area contributed by atoms with Gasteiger partial charge in [-0.15, -0.1) is 0 Å². The molecule has 3 rings (SSSR count). The molecule has 0 radical (unpaired) electrons. The van der Waals surface area contributed by atoms with E-state index in [0.717, 1.165) is 0 Å². The topological polar surface area (TPSA) is 62.9 Å². The molecule has 110 valence electrons. The van der Waals surface area contributed by atoms with E-state index in [0.29, 0.717) is 22.6 Å². The van der Waals surface area contributed by atoms with Gasteiger partial charge in [0, 0.05) is 31.3 Å². The third kappa shape index (κ3) is 2.48. The van der Waals surface area contributed by atoms with E-state index >= 15 is 0 Å². The number of hydrogen-bond donors (Lipinski definition) is 0. The molecule has 0 spiro atoms. The largest absolute Gasteiger partial charge is 0.455 e. The van der Waals surface area contributed by atoms with Crippen LogP contribution < -0.4 is 0 Å². The second-order valence-corrected chi connectivity index (χ2v) is 5.09. The number of carbonyl (C=O) groups excluding carboxylic acids is 2. The Morgan fingerprint density at radius 3 is 2.50 bits per heavy atom. The quantitative estimate of drug-likeness (QED) is 0.645. The second-order valence-electron chi connectivity index (χ2n) is 5.09. The average Bonchev–Trinajstić information content (AvgIpc) is 2.97. The Morgan fingerprint density at radius 2 is 1.77 bits per heavy atom. The lowest BCUT2D eigenvalue weighted by Crippen LogP contribution is -2.15. The summed E-state index contributed by atoms with van der Waals surface area (Å²) in [5.74, 6) is 0.488. The van der Waals surface area contributed by atoms with Crippen LogP contribution in [0.4, 0.5) is 0 Å². The molecule has 0 fully saturated rings. The van der Waals surface area contributed by atoms with Gasteiger partial charge in [0.1, 0.15) is 11.5 Å². The molecular formula is C17H14N2O3. The minimum atomic E-state index is -0.208. The van der Waals surface area contributed by atoms with E-state index in [1.165, 1.54) is 6.08 Å². The first-order valence-corrected chi connectivity index (χ1v) is 6.77. The molecule has 1 aliphatic rings. The van der Waals surface area contributed by atoms with Gasteiger partial charge in [0.15, 0.2) is 11.6 Å². The van der Waals surface area contributed by atoms with Gasteiger partial charge in [-0.05, 0) is 12.1 Å². The molecular weight excluding hydrogens is 280 g/mol. The summed E-state index contributed by atoms with van der Waals surface area (Å²) >= 11 is 0. The average molecular weight is 294 g/mol. The van der Waals surface area contributed by atoms with Crippen molar-refractivity contribution in [3.05, 3.63) is 65.1 Å². The lowest BCUT2D eigenvalue weighted by Gasteiger charge is -2.13. The van der Waals surface area contributed by atoms with Crippen LogP contribution in [0.2, 0.25) is 0 Å². The van der Waals surface area contributed by atoms with Crippen LogP contribution in [0.3, 0.4) is 0 Å². The fourth-order valence-electron chi connectivity index (χ4n) is 2.24. The van der Waals surface area contributed by atoms with Crippen molar-refractivity contribution in [1.29, 1.82) is 0 Å². The van der Waals surface area contributed by atoms with Gasteiger partial charge in [0.2, 0.25) is 0 Å². The molecule has 0 unspecified atom stereocenters. The van der Waals surface area contributed by atoms with Gasteiger partial charge >= 0.3 is 0 Å². The number of Topliss-reactive ketones (excluding diaryl/α,β-unsaturated/α-hetero) is 1. The number of fused-ring (bicyclic) bond motifs is 1. The Hall–Kier alpha value is -2.95. The molecule has 5 nitrogen and oxygen atoms in total. The van der Waals surface area contributed by atoms with E-state index in [2.05, 4.69) is 5.10 Å². The molecule has 0 saturated carbocycles. The number of benzene rings is 1. The van der Waals surface area contributed by atoms with Crippen molar-refractivity contribution in [3.8, 4) is 0 Å². The van der Waals surface area contributed by atoms with Crippen molar-refractivity contribution in [2.24, 2.45) is 5.10 Å². The normalized spacial score (nSPS) is 14.2. The van der Waals surface area contributed by atoms with Crippen molar-refractivity contribution < 1.29 is 14.0 Å². The fraction of sp³-hybridized carbons (Fsp3) is 0.118. The number of hydrogen-bond acceptors (Lipinski definition) is 5. The lowest BCUT2D eigenvalue weighted by atomic mass is 9.88. The highest BCUT2D eigenvalue weighted by molar-refractivity contribution is 6.38. The van der Waals surface area contributed by atoms with Crippen LogP contribution in [0.25, 0.3) is 5.57 Å². The molecule has 5 heteroatoms. The summed E-state index contributed by atoms with van der Waals surface area (Å²) in [6.07, 6.45) is 2.88. The van der Waals surface area contributed by atoms with Crippen LogP contribution in [0.5, 0.6) is 0 Å². The van der Waals surface area contributed by atoms with E-state index in [1.54, 1.807) is 61.7 Å². The van der Waals surface area contributed by atoms with E-state index in [4.69, 9.17) is 4.42 Å². The Bertz CT molecular complexity index is 813. The SMILES string of the molecule is CN(C)N=Cc1ccc(C2=CC(=O)c3ccccc3C2=O)o1. The predicted molar refractivity (Wildman–Crippen MR) is 83.1 cm³/mol. The molecule has 1 aromatic heterocycles. The Labute approximate surface area is 127 Å². The highest BCUT2D eigenvalue weighted by Crippen LogP contribution is 2.28. The maximum absolute atomic E-state index is 12.5. The molecule has 1 heterocycles. The maximum atomic E-state index is 12.5. The first-order valence-electron chi connectivity index (χ1n) is 6.77. The van der Waals surface area contributed by atoms with Crippen molar-refractivity contribution in [3.63, 3.8) is 0 Å². The van der Waals surface area contributed by atoms with Crippen LogP contribution in [-0.4, -0.2) is 36.9 Å². The molecule has 1 aromatic carbocycles. The third-order valence-electron chi connectivity index (χ3n) is 3.27. The number of furan rings is 1. The first-order chi connectivity index (χ1) is 10.6. The third-order valence-corrected chi connectivity index (χ3v) is 3.27. The molecule has 0 atom stereocenters. The zero-order valence-electron chi connectivity index (χ0n) is 12.2. The Balaban J connectivity index is 1.97. The van der Waals surface area contributed by atoms with Gasteiger partial charge in [0.25, 0.3) is 0 Å². The summed E-state index contributed by atoms with van der Waals surface area (Å²) in [6.45, 7) is 0. The molecule has 0 aliphatic heterocycles. The van der Waals surface area contributed by atoms with Gasteiger partial charge < -0.3 is 9.43 Å². The fourth-order valence-corrected chi connectivity index (χ4v) is 2.24. The number of ketones is 2. The van der Waals surface area contributed by atoms with Crippen molar-refractivity contribution >= 4 is 23.4 Å². The van der Waals surface area contributed by atoms with E-state index in [9.17, 15) is 9.59 Å². The number of allylic oxidation sites excluding steroid dienone is 2. The minimum Gasteiger partial charge on any atom is -0.455 e. The Morgan fingerprint density at radius 1 is 1.05 bits per heavy atom. The summed E-state index contributed by atoms with van der Waals surface area (Å²) < 4.78 is 5.59. The predicted octanol–water partition coefficient (Wildman–Crippen LogP) is 2.64. The summed E-state index contributed by atoms with van der Waals surface area (Å²) in [5, 5.41) is 5.70. The molecule has 22 heavy (non-hydrogen) atoms. The van der Waals surface area contributed by atoms with Crippen molar-refractivity contribution in [2.45, 2.75) is 0 Å². The number of nitrogens with zero attached hydrogens (tertiary/aromatic N) is 2. The number of carbonyl (C=O) groups is 2. The first kappa shape index (κ1) is 14.0. The smallest absolute Gasteiger partial charge is 0.197 e. The minimum absolute atomic E-state index is 0.190. The van der Waals surface area contributed by atoms with Crippen molar-refractivity contribution in [2.75, 3.05) is 14.1 Å². The van der Waals surface area contributed by atoms with E-state index in [-0.39, 0.29) is 17.1 Å². The molecule has 0 amide bonds. The lowest BCUT2D eigenvalue weighted by molar-refractivity contribution is 0.100. The summed E-state index contributed by atoms with van der Waals surface area (Å²) in [6, 6.07) is 10.2. The van der Waals surface area contributed by atoms with Gasteiger partial charge in [-0.1, -0.05) is 24.3 Å². The maximum Gasteiger partial charge on any atom is 0.197 e. The Kier molecular flexibility index (Phi) is 3.47. The molecule has 2 aromatic rings. The van der Waals surface area contributed by atoms with Crippen LogP contribution in [-0.2, 0) is 0 Å². The summed E-state index contributed by atoms with van der Waals surface area (Å²) in [5.41, 5.74) is 1.11. The highest BCUT2D eigenvalue weighted by atomic mass is 16.3. The van der Waals surface area contributed by atoms with Gasteiger partial charge in [-0.2, -0.15) is 5.10 Å². The van der Waals surface area contributed by atoms with Crippen LogP contribution in [0, 0.1) is 0 Å². The van der Waals surface area contributed by atoms with E-state index in [1.807, 2.05) is 0 Å². The van der Waals surface area contributed by atoms with Crippen LogP contribution in [0.15, 0.2) is 52.0 Å². The van der Waals surface area contributed by atoms with Gasteiger partial charge in [-0.25, -0.2) is 0 Å². The number of hydrazone groups is 1. The monoisotopic (exact) mass is 294 g/mol. The molecule has 1 aliphatic carbocycles. The van der Waals surface area contributed by atoms with Crippen LogP contribution in [0.1, 0.15) is 32.2 Å². The zero-order valence-corrected chi connectivity index (χ0v) is 12.2. The summed E-state index contributed by atoms with van der Waals surface area (Å²) in [4.78, 5) is 24.6. The highest BCUT2D eigenvalue weighted by Gasteiger charge is 2.27. The van der Waals surface area contributed by atoms with Crippen molar-refractivity contribution in [1.82, 2.24) is 5.01 Å². The number of rotatable bonds is 3. The second kappa shape index (κ2) is 5.44. The van der Waals surface area contributed by atoms with Gasteiger partial charge in [-0.3, -0.25) is 9.59 Å². The molecule has 0 saturated heterocycles. The molecule has 0 N–H and O–H groups in total. The molecule has 0 bridgehead atoms. The standard InChI is InChI=1S/C17H14N2O3/c1-19(2)18-10-11-7-8-16(22-11)14-9-15(20)12-5-3-4-6-13(12)17(14)21/h3-10H,1-2H3. The summed E-state index contributed by atoms with van der Waals surface area (Å²) in [7, 11) is 3.59.